The minimum Gasteiger partial charge on any atom is -0.452 e. The van der Waals surface area contributed by atoms with Gasteiger partial charge in [0, 0.05) is 17.7 Å². The number of aromatic nitrogens is 6. The van der Waals surface area contributed by atoms with E-state index in [-0.39, 0.29) is 24.1 Å². The lowest BCUT2D eigenvalue weighted by Crippen LogP contribution is -2.06. The highest BCUT2D eigenvalue weighted by atomic mass is 16.6. The lowest BCUT2D eigenvalue weighted by Gasteiger charge is -2.04. The van der Waals surface area contributed by atoms with E-state index in [0.29, 0.717) is 16.8 Å². The molecule has 0 bridgehead atoms. The van der Waals surface area contributed by atoms with E-state index in [0.717, 1.165) is 0 Å². The first-order chi connectivity index (χ1) is 14.1. The highest BCUT2D eigenvalue weighted by molar-refractivity contribution is 5.90. The third-order valence-electron chi connectivity index (χ3n) is 3.81. The molecule has 2 aromatic carbocycles. The van der Waals surface area contributed by atoms with Crippen LogP contribution in [0.1, 0.15) is 16.2 Å². The average molecular weight is 393 g/mol. The van der Waals surface area contributed by atoms with Gasteiger partial charge in [0.25, 0.3) is 11.6 Å². The Bertz CT molecular complexity index is 1160. The molecule has 0 aliphatic carbocycles. The van der Waals surface area contributed by atoms with Crippen molar-refractivity contribution in [2.45, 2.75) is 6.61 Å². The molecule has 12 heteroatoms. The van der Waals surface area contributed by atoms with Crippen LogP contribution in [0.15, 0.2) is 59.3 Å². The number of tetrazole rings is 1. The third kappa shape index (κ3) is 3.95. The van der Waals surface area contributed by atoms with Gasteiger partial charge in [-0.1, -0.05) is 6.07 Å². The maximum absolute atomic E-state index is 12.3. The Morgan fingerprint density at radius 1 is 1.17 bits per heavy atom. The second-order valence-corrected chi connectivity index (χ2v) is 5.69. The number of benzene rings is 2. The SMILES string of the molecule is O=C(OCc1nnc(-c2ccc([N+](=O)[O-])cc2)o1)c1cccc(-n2cnnn2)c1. The summed E-state index contributed by atoms with van der Waals surface area (Å²) in [5, 5.41) is 29.2. The molecule has 0 aliphatic rings. The summed E-state index contributed by atoms with van der Waals surface area (Å²) in [6.07, 6.45) is 1.41. The van der Waals surface area contributed by atoms with Gasteiger partial charge in [0.1, 0.15) is 6.33 Å². The fourth-order valence-electron chi connectivity index (χ4n) is 2.42. The second-order valence-electron chi connectivity index (χ2n) is 5.69. The normalized spacial score (nSPS) is 10.6. The van der Waals surface area contributed by atoms with Crippen molar-refractivity contribution in [1.29, 1.82) is 0 Å². The van der Waals surface area contributed by atoms with Crippen molar-refractivity contribution < 1.29 is 18.9 Å². The van der Waals surface area contributed by atoms with Gasteiger partial charge in [0.05, 0.1) is 16.2 Å². The molecule has 0 saturated carbocycles. The largest absolute Gasteiger partial charge is 0.452 e. The topological polar surface area (TPSA) is 152 Å². The zero-order chi connectivity index (χ0) is 20.2. The van der Waals surface area contributed by atoms with Crippen molar-refractivity contribution in [2.24, 2.45) is 0 Å². The van der Waals surface area contributed by atoms with Crippen LogP contribution in [0.4, 0.5) is 5.69 Å². The molecule has 0 radical (unpaired) electrons. The number of carbonyl (C=O) groups is 1. The van der Waals surface area contributed by atoms with Crippen LogP contribution >= 0.6 is 0 Å². The van der Waals surface area contributed by atoms with Crippen molar-refractivity contribution in [3.63, 3.8) is 0 Å². The average Bonchev–Trinajstić information content (AvgIpc) is 3.44. The Labute approximate surface area is 161 Å². The van der Waals surface area contributed by atoms with Crippen LogP contribution in [0.25, 0.3) is 17.1 Å². The molecule has 2 heterocycles. The third-order valence-corrected chi connectivity index (χ3v) is 3.81. The minimum absolute atomic E-state index is 0.0497. The van der Waals surface area contributed by atoms with Gasteiger partial charge in [0.2, 0.25) is 5.89 Å². The number of esters is 1. The molecule has 2 aromatic heterocycles. The zero-order valence-corrected chi connectivity index (χ0v) is 14.6. The highest BCUT2D eigenvalue weighted by Crippen LogP contribution is 2.21. The van der Waals surface area contributed by atoms with Gasteiger partial charge in [-0.05, 0) is 40.8 Å². The van der Waals surface area contributed by atoms with Gasteiger partial charge in [-0.3, -0.25) is 10.1 Å². The molecule has 0 amide bonds. The van der Waals surface area contributed by atoms with E-state index < -0.39 is 10.9 Å². The molecule has 0 fully saturated rings. The molecule has 0 unspecified atom stereocenters. The summed E-state index contributed by atoms with van der Waals surface area (Å²) in [6.45, 7) is -0.228. The van der Waals surface area contributed by atoms with Gasteiger partial charge in [-0.25, -0.2) is 9.48 Å². The summed E-state index contributed by atoms with van der Waals surface area (Å²) in [7, 11) is 0. The first kappa shape index (κ1) is 17.9. The smallest absolute Gasteiger partial charge is 0.338 e. The van der Waals surface area contributed by atoms with Crippen LogP contribution in [-0.4, -0.2) is 41.3 Å². The Kier molecular flexibility index (Phi) is 4.72. The zero-order valence-electron chi connectivity index (χ0n) is 14.6. The van der Waals surface area contributed by atoms with Crippen LogP contribution < -0.4 is 0 Å². The molecule has 0 N–H and O–H groups in total. The van der Waals surface area contributed by atoms with E-state index in [1.165, 1.54) is 35.3 Å². The van der Waals surface area contributed by atoms with Gasteiger partial charge >= 0.3 is 5.97 Å². The number of rotatable bonds is 6. The number of non-ortho nitro benzene ring substituents is 1. The molecular formula is C17H11N7O5. The monoisotopic (exact) mass is 393 g/mol. The van der Waals surface area contributed by atoms with Crippen LogP contribution in [0.5, 0.6) is 0 Å². The Morgan fingerprint density at radius 3 is 2.72 bits per heavy atom. The standard InChI is InChI=1S/C17H11N7O5/c25-17(12-2-1-3-14(8-12)23-10-18-21-22-23)28-9-15-19-20-16(29-15)11-4-6-13(7-5-11)24(26)27/h1-8,10H,9H2. The van der Waals surface area contributed by atoms with Crippen molar-refractivity contribution in [2.75, 3.05) is 0 Å². The number of carbonyl (C=O) groups excluding carboxylic acids is 1. The molecule has 0 aliphatic heterocycles. The molecular weight excluding hydrogens is 382 g/mol. The number of nitro benzene ring substituents is 1. The Morgan fingerprint density at radius 2 is 2.00 bits per heavy atom. The van der Waals surface area contributed by atoms with E-state index in [1.807, 2.05) is 0 Å². The quantitative estimate of drug-likeness (QED) is 0.270. The number of hydrogen-bond donors (Lipinski definition) is 0. The Hall–Kier alpha value is -4.48. The van der Waals surface area contributed by atoms with Crippen molar-refractivity contribution in [3.8, 4) is 17.1 Å². The fraction of sp³-hybridized carbons (Fsp3) is 0.0588. The van der Waals surface area contributed by atoms with Crippen molar-refractivity contribution in [3.05, 3.63) is 76.4 Å². The molecule has 0 saturated heterocycles. The van der Waals surface area contributed by atoms with Gasteiger partial charge in [-0.15, -0.1) is 15.3 Å². The summed E-state index contributed by atoms with van der Waals surface area (Å²) in [6, 6.07) is 12.2. The molecule has 144 valence electrons. The van der Waals surface area contributed by atoms with Gasteiger partial charge in [0.15, 0.2) is 6.61 Å². The van der Waals surface area contributed by atoms with Crippen LogP contribution in [0.3, 0.4) is 0 Å². The summed E-state index contributed by atoms with van der Waals surface area (Å²) < 4.78 is 12.0. The van der Waals surface area contributed by atoms with E-state index in [9.17, 15) is 14.9 Å². The summed E-state index contributed by atoms with van der Waals surface area (Å²) in [5.41, 5.74) is 1.36. The summed E-state index contributed by atoms with van der Waals surface area (Å²) >= 11 is 0. The van der Waals surface area contributed by atoms with Crippen LogP contribution in [0, 0.1) is 10.1 Å². The number of nitro groups is 1. The first-order valence-electron chi connectivity index (χ1n) is 8.18. The molecule has 29 heavy (non-hydrogen) atoms. The maximum atomic E-state index is 12.3. The van der Waals surface area contributed by atoms with Crippen LogP contribution in [-0.2, 0) is 11.3 Å². The molecule has 12 nitrogen and oxygen atoms in total. The molecule has 0 atom stereocenters. The molecule has 4 rings (SSSR count). The predicted molar refractivity (Wildman–Crippen MR) is 94.7 cm³/mol. The van der Waals surface area contributed by atoms with Crippen molar-refractivity contribution >= 4 is 11.7 Å². The highest BCUT2D eigenvalue weighted by Gasteiger charge is 2.14. The van der Waals surface area contributed by atoms with E-state index >= 15 is 0 Å². The summed E-state index contributed by atoms with van der Waals surface area (Å²) in [5.74, 6) is -0.343. The van der Waals surface area contributed by atoms with Gasteiger partial charge in [-0.2, -0.15) is 0 Å². The Balaban J connectivity index is 1.41. The number of ether oxygens (including phenoxy) is 1. The fourth-order valence-corrected chi connectivity index (χ4v) is 2.42. The predicted octanol–water partition coefficient (Wildman–Crippen LogP) is 1.98. The first-order valence-corrected chi connectivity index (χ1v) is 8.18. The second kappa shape index (κ2) is 7.64. The van der Waals surface area contributed by atoms with E-state index in [1.54, 1.807) is 24.3 Å². The minimum atomic E-state index is -0.588. The molecule has 0 spiro atoms. The van der Waals surface area contributed by atoms with E-state index in [4.69, 9.17) is 9.15 Å². The lowest BCUT2D eigenvalue weighted by molar-refractivity contribution is -0.384. The van der Waals surface area contributed by atoms with Crippen molar-refractivity contribution in [1.82, 2.24) is 30.4 Å². The van der Waals surface area contributed by atoms with Crippen LogP contribution in [0.2, 0.25) is 0 Å². The number of nitrogens with zero attached hydrogens (tertiary/aromatic N) is 7. The van der Waals surface area contributed by atoms with E-state index in [2.05, 4.69) is 25.7 Å². The number of hydrogen-bond acceptors (Lipinski definition) is 10. The molecule has 4 aromatic rings. The summed E-state index contributed by atoms with van der Waals surface area (Å²) in [4.78, 5) is 22.5. The lowest BCUT2D eigenvalue weighted by atomic mass is 10.2. The maximum Gasteiger partial charge on any atom is 0.338 e. The van der Waals surface area contributed by atoms with Gasteiger partial charge < -0.3 is 9.15 Å².